The second-order valence-corrected chi connectivity index (χ2v) is 7.47. The van der Waals surface area contributed by atoms with Crippen LogP contribution in [0.4, 0.5) is 0 Å². The van der Waals surface area contributed by atoms with E-state index in [0.717, 1.165) is 0 Å². The van der Waals surface area contributed by atoms with Crippen molar-refractivity contribution in [2.24, 2.45) is 0 Å². The summed E-state index contributed by atoms with van der Waals surface area (Å²) in [5, 5.41) is 0. The summed E-state index contributed by atoms with van der Waals surface area (Å²) in [4.78, 5) is 24.7. The van der Waals surface area contributed by atoms with Gasteiger partial charge < -0.3 is 9.64 Å². The molecule has 0 heterocycles. The highest BCUT2D eigenvalue weighted by molar-refractivity contribution is 7.98. The van der Waals surface area contributed by atoms with Crippen LogP contribution in [0.15, 0.2) is 0 Å². The van der Waals surface area contributed by atoms with E-state index >= 15 is 0 Å². The summed E-state index contributed by atoms with van der Waals surface area (Å²) in [6.07, 6.45) is 2.37. The fraction of sp³-hybridized carbons (Fsp3) is 0.833. The van der Waals surface area contributed by atoms with E-state index in [1.165, 1.54) is 37.7 Å². The summed E-state index contributed by atoms with van der Waals surface area (Å²) in [7, 11) is -0.644. The Labute approximate surface area is 130 Å². The molecule has 0 saturated carbocycles. The summed E-state index contributed by atoms with van der Waals surface area (Å²) in [6, 6.07) is -0.801. The van der Waals surface area contributed by atoms with Crippen LogP contribution >= 0.6 is 11.8 Å². The maximum absolute atomic E-state index is 12.3. The van der Waals surface area contributed by atoms with E-state index in [2.05, 4.69) is 9.46 Å². The van der Waals surface area contributed by atoms with Gasteiger partial charge in [0.15, 0.2) is 0 Å². The highest BCUT2D eigenvalue weighted by Crippen LogP contribution is 2.06. The molecule has 1 N–H and O–H groups in total. The normalized spacial score (nSPS) is 12.8. The molecule has 1 atom stereocenters. The minimum atomic E-state index is -3.46. The van der Waals surface area contributed by atoms with Crippen molar-refractivity contribution < 1.29 is 22.7 Å². The molecular formula is C12H24N2O5S2. The molecule has 9 heteroatoms. The van der Waals surface area contributed by atoms with Gasteiger partial charge in [0.2, 0.25) is 15.9 Å². The molecule has 21 heavy (non-hydrogen) atoms. The Bertz CT molecular complexity index is 439. The van der Waals surface area contributed by atoms with Crippen molar-refractivity contribution in [1.82, 2.24) is 9.62 Å². The number of nitrogens with zero attached hydrogens (tertiary/aromatic N) is 1. The summed E-state index contributed by atoms with van der Waals surface area (Å²) < 4.78 is 30.2. The van der Waals surface area contributed by atoms with Crippen LogP contribution < -0.4 is 4.72 Å². The predicted octanol–water partition coefficient (Wildman–Crippen LogP) is 0.0689. The molecule has 0 fully saturated rings. The van der Waals surface area contributed by atoms with Crippen LogP contribution in [0.2, 0.25) is 0 Å². The predicted molar refractivity (Wildman–Crippen MR) is 83.7 cm³/mol. The van der Waals surface area contributed by atoms with Crippen molar-refractivity contribution in [3.8, 4) is 0 Å². The fourth-order valence-electron chi connectivity index (χ4n) is 1.51. The van der Waals surface area contributed by atoms with Gasteiger partial charge in [0.25, 0.3) is 0 Å². The lowest BCUT2D eigenvalue weighted by Gasteiger charge is -2.24. The second kappa shape index (κ2) is 10.0. The standard InChI is InChI=1S/C12H24N2O5S2/c1-5-21(17,18)13-10(7-9-20-4)12(16)14(2)8-6-11(15)19-3/h10,13H,5-9H2,1-4H3. The molecule has 0 aliphatic heterocycles. The number of hydrogen-bond donors (Lipinski definition) is 1. The smallest absolute Gasteiger partial charge is 0.307 e. The van der Waals surface area contributed by atoms with E-state index in [-0.39, 0.29) is 24.6 Å². The van der Waals surface area contributed by atoms with Gasteiger partial charge >= 0.3 is 5.97 Å². The third-order valence-corrected chi connectivity index (χ3v) is 4.91. The highest BCUT2D eigenvalue weighted by Gasteiger charge is 2.26. The van der Waals surface area contributed by atoms with Crippen molar-refractivity contribution in [3.05, 3.63) is 0 Å². The van der Waals surface area contributed by atoms with Gasteiger partial charge in [0, 0.05) is 13.6 Å². The molecular weight excluding hydrogens is 316 g/mol. The number of amides is 1. The van der Waals surface area contributed by atoms with E-state index < -0.39 is 22.0 Å². The number of methoxy groups -OCH3 is 1. The molecule has 1 unspecified atom stereocenters. The van der Waals surface area contributed by atoms with Crippen molar-refractivity contribution in [3.63, 3.8) is 0 Å². The highest BCUT2D eigenvalue weighted by atomic mass is 32.2. The van der Waals surface area contributed by atoms with Gasteiger partial charge in [-0.2, -0.15) is 11.8 Å². The Morgan fingerprint density at radius 3 is 2.48 bits per heavy atom. The number of esters is 1. The Kier molecular flexibility index (Phi) is 9.63. The van der Waals surface area contributed by atoms with Gasteiger partial charge in [0.1, 0.15) is 6.04 Å². The number of thioether (sulfide) groups is 1. The molecule has 1 amide bonds. The molecule has 0 spiro atoms. The van der Waals surface area contributed by atoms with E-state index in [4.69, 9.17) is 0 Å². The number of sulfonamides is 1. The summed E-state index contributed by atoms with van der Waals surface area (Å²) >= 11 is 1.53. The second-order valence-electron chi connectivity index (χ2n) is 4.44. The Morgan fingerprint density at radius 2 is 2.00 bits per heavy atom. The zero-order chi connectivity index (χ0) is 16.5. The van der Waals surface area contributed by atoms with E-state index in [1.807, 2.05) is 6.26 Å². The molecule has 0 radical (unpaired) electrons. The average molecular weight is 340 g/mol. The van der Waals surface area contributed by atoms with Crippen LogP contribution in [-0.4, -0.2) is 69.7 Å². The molecule has 0 bridgehead atoms. The molecule has 7 nitrogen and oxygen atoms in total. The van der Waals surface area contributed by atoms with Crippen LogP contribution in [0.1, 0.15) is 19.8 Å². The van der Waals surface area contributed by atoms with Crippen molar-refractivity contribution in [2.75, 3.05) is 38.5 Å². The molecule has 0 rings (SSSR count). The van der Waals surface area contributed by atoms with Gasteiger partial charge in [-0.15, -0.1) is 0 Å². The van der Waals surface area contributed by atoms with Crippen LogP contribution in [0.5, 0.6) is 0 Å². The Balaban J connectivity index is 4.73. The zero-order valence-corrected chi connectivity index (χ0v) is 14.6. The first-order chi connectivity index (χ1) is 9.77. The summed E-state index contributed by atoms with van der Waals surface area (Å²) in [6.45, 7) is 1.70. The van der Waals surface area contributed by atoms with Crippen molar-refractivity contribution >= 4 is 33.7 Å². The molecule has 0 saturated heterocycles. The first kappa shape index (κ1) is 20.2. The molecule has 0 aromatic rings. The van der Waals surface area contributed by atoms with Gasteiger partial charge in [-0.3, -0.25) is 9.59 Å². The van der Waals surface area contributed by atoms with Gasteiger partial charge in [0.05, 0.1) is 19.3 Å². The van der Waals surface area contributed by atoms with Gasteiger partial charge in [-0.1, -0.05) is 0 Å². The summed E-state index contributed by atoms with van der Waals surface area (Å²) in [5.74, 6) is -0.176. The Hall–Kier alpha value is -0.800. The molecule has 0 aromatic carbocycles. The van der Waals surface area contributed by atoms with Crippen LogP contribution in [-0.2, 0) is 24.3 Å². The maximum atomic E-state index is 12.3. The topological polar surface area (TPSA) is 92.8 Å². The molecule has 0 aliphatic carbocycles. The molecule has 124 valence electrons. The zero-order valence-electron chi connectivity index (χ0n) is 12.9. The largest absolute Gasteiger partial charge is 0.469 e. The van der Waals surface area contributed by atoms with Crippen LogP contribution in [0, 0.1) is 0 Å². The quantitative estimate of drug-likeness (QED) is 0.566. The minimum Gasteiger partial charge on any atom is -0.469 e. The Morgan fingerprint density at radius 1 is 1.38 bits per heavy atom. The van der Waals surface area contributed by atoms with Gasteiger partial charge in [-0.25, -0.2) is 13.1 Å². The lowest BCUT2D eigenvalue weighted by atomic mass is 10.2. The number of nitrogens with one attached hydrogen (secondary N) is 1. The van der Waals surface area contributed by atoms with Crippen molar-refractivity contribution in [2.45, 2.75) is 25.8 Å². The maximum Gasteiger partial charge on any atom is 0.307 e. The third kappa shape index (κ3) is 8.27. The fourth-order valence-corrected chi connectivity index (χ4v) is 2.80. The van der Waals surface area contributed by atoms with E-state index in [9.17, 15) is 18.0 Å². The van der Waals surface area contributed by atoms with Crippen LogP contribution in [0.3, 0.4) is 0 Å². The number of carbonyl (C=O) groups is 2. The first-order valence-corrected chi connectivity index (χ1v) is 9.62. The number of likely N-dealkylation sites (N-methyl/N-ethyl adjacent to an activating group) is 1. The van der Waals surface area contributed by atoms with Gasteiger partial charge in [-0.05, 0) is 25.4 Å². The number of carbonyl (C=O) groups excluding carboxylic acids is 2. The third-order valence-electron chi connectivity index (χ3n) is 2.87. The van der Waals surface area contributed by atoms with Crippen LogP contribution in [0.25, 0.3) is 0 Å². The monoisotopic (exact) mass is 340 g/mol. The number of ether oxygens (including phenoxy) is 1. The molecule has 0 aromatic heterocycles. The molecule has 0 aliphatic rings. The van der Waals surface area contributed by atoms with Crippen molar-refractivity contribution in [1.29, 1.82) is 0 Å². The average Bonchev–Trinajstić information content (AvgIpc) is 2.47. The number of rotatable bonds is 10. The SMILES string of the molecule is CCS(=O)(=O)NC(CCSC)C(=O)N(C)CCC(=O)OC. The minimum absolute atomic E-state index is 0.0779. The van der Waals surface area contributed by atoms with E-state index in [1.54, 1.807) is 0 Å². The first-order valence-electron chi connectivity index (χ1n) is 6.58. The van der Waals surface area contributed by atoms with E-state index in [0.29, 0.717) is 12.2 Å². The lowest BCUT2D eigenvalue weighted by Crippen LogP contribution is -2.48. The lowest BCUT2D eigenvalue weighted by molar-refractivity contribution is -0.141. The number of hydrogen-bond acceptors (Lipinski definition) is 6. The summed E-state index contributed by atoms with van der Waals surface area (Å²) in [5.41, 5.74) is 0.